The minimum Gasteiger partial charge on any atom is -0.480 e. The van der Waals surface area contributed by atoms with Gasteiger partial charge in [-0.3, -0.25) is 19.8 Å². The van der Waals surface area contributed by atoms with Crippen LogP contribution in [0, 0.1) is 5.41 Å². The van der Waals surface area contributed by atoms with Crippen LogP contribution in [0.1, 0.15) is 31.7 Å². The predicted molar refractivity (Wildman–Crippen MR) is 141 cm³/mol. The monoisotopic (exact) mass is 556 g/mol. The van der Waals surface area contributed by atoms with E-state index in [-0.39, 0.29) is 38.1 Å². The van der Waals surface area contributed by atoms with Crippen LogP contribution in [0.2, 0.25) is 0 Å². The first-order valence-corrected chi connectivity index (χ1v) is 12.1. The predicted octanol–water partition coefficient (Wildman–Crippen LogP) is 0.517. The number of carbonyl (C=O) groups excluding carboxylic acids is 3. The van der Waals surface area contributed by atoms with E-state index in [1.165, 1.54) is 0 Å². The van der Waals surface area contributed by atoms with Crippen LogP contribution >= 0.6 is 12.4 Å². The summed E-state index contributed by atoms with van der Waals surface area (Å²) >= 11 is 0. The summed E-state index contributed by atoms with van der Waals surface area (Å²) in [5.74, 6) is -2.53. The van der Waals surface area contributed by atoms with E-state index >= 15 is 0 Å². The van der Waals surface area contributed by atoms with Gasteiger partial charge in [-0.1, -0.05) is 43.7 Å². The van der Waals surface area contributed by atoms with E-state index < -0.39 is 49.0 Å². The molecule has 0 spiro atoms. The fourth-order valence-corrected chi connectivity index (χ4v) is 3.65. The van der Waals surface area contributed by atoms with E-state index in [1.54, 1.807) is 29.2 Å². The maximum atomic E-state index is 13.2. The number of morpholine rings is 1. The lowest BCUT2D eigenvalue weighted by atomic mass is 10.1. The summed E-state index contributed by atoms with van der Waals surface area (Å²) in [5.41, 5.74) is 6.26. The second-order valence-corrected chi connectivity index (χ2v) is 8.60. The van der Waals surface area contributed by atoms with Crippen LogP contribution in [0.4, 0.5) is 4.79 Å². The minimum absolute atomic E-state index is 0. The largest absolute Gasteiger partial charge is 0.480 e. The molecule has 212 valence electrons. The highest BCUT2D eigenvalue weighted by molar-refractivity contribution is 5.92. The molecule has 38 heavy (non-hydrogen) atoms. The zero-order valence-electron chi connectivity index (χ0n) is 21.4. The van der Waals surface area contributed by atoms with Gasteiger partial charge in [0.15, 0.2) is 5.96 Å². The number of benzene rings is 1. The molecule has 2 atom stereocenters. The number of unbranched alkanes of at least 4 members (excludes halogenated alkanes) is 1. The third-order valence-electron chi connectivity index (χ3n) is 5.62. The van der Waals surface area contributed by atoms with E-state index in [1.807, 2.05) is 13.0 Å². The maximum Gasteiger partial charge on any atom is 0.408 e. The fourth-order valence-electron chi connectivity index (χ4n) is 3.65. The Labute approximate surface area is 227 Å². The van der Waals surface area contributed by atoms with E-state index in [4.69, 9.17) is 20.6 Å². The Hall–Kier alpha value is -3.58. The second-order valence-electron chi connectivity index (χ2n) is 8.60. The van der Waals surface area contributed by atoms with E-state index in [2.05, 4.69) is 10.6 Å². The van der Waals surface area contributed by atoms with Crippen molar-refractivity contribution < 1.29 is 33.8 Å². The molecule has 1 aromatic rings. The number of nitrogens with zero attached hydrogens (tertiary/aromatic N) is 2. The van der Waals surface area contributed by atoms with Crippen molar-refractivity contribution >= 4 is 42.2 Å². The van der Waals surface area contributed by atoms with Gasteiger partial charge in [0, 0.05) is 26.2 Å². The number of rotatable bonds is 13. The first kappa shape index (κ1) is 32.4. The third-order valence-corrected chi connectivity index (χ3v) is 5.62. The average Bonchev–Trinajstić information content (AvgIpc) is 2.88. The number of ether oxygens (including phenoxy) is 2. The van der Waals surface area contributed by atoms with Crippen molar-refractivity contribution in [3.8, 4) is 0 Å². The number of carbonyl (C=O) groups is 4. The lowest BCUT2D eigenvalue weighted by Crippen LogP contribution is -2.53. The van der Waals surface area contributed by atoms with Gasteiger partial charge in [-0.2, -0.15) is 0 Å². The average molecular weight is 557 g/mol. The van der Waals surface area contributed by atoms with E-state index in [0.717, 1.165) is 16.9 Å². The number of guanidine groups is 1. The number of carboxylic acids is 1. The zero-order valence-corrected chi connectivity index (χ0v) is 22.2. The van der Waals surface area contributed by atoms with Gasteiger partial charge in [-0.05, 0) is 12.0 Å². The Morgan fingerprint density at radius 3 is 2.63 bits per heavy atom. The van der Waals surface area contributed by atoms with Gasteiger partial charge in [0.2, 0.25) is 11.8 Å². The molecule has 1 aliphatic rings. The Morgan fingerprint density at radius 1 is 1.29 bits per heavy atom. The summed E-state index contributed by atoms with van der Waals surface area (Å²) in [5, 5.41) is 21.9. The molecule has 1 saturated heterocycles. The number of aliphatic carboxylic acids is 1. The SMILES string of the molecule is CCCCN(CC(=O)O)C(=O)[C@H](CC(=O)NCC1CN(C(=N)N)CCO1)NC(=O)OCc1ccccc1.Cl. The molecule has 0 aliphatic carbocycles. The molecule has 0 saturated carbocycles. The van der Waals surface area contributed by atoms with Crippen LogP contribution in [-0.2, 0) is 30.5 Å². The Balaban J connectivity index is 0.00000722. The minimum atomic E-state index is -1.33. The van der Waals surface area contributed by atoms with Crippen LogP contribution in [0.15, 0.2) is 30.3 Å². The molecule has 1 aliphatic heterocycles. The molecule has 2 rings (SSSR count). The molecule has 1 heterocycles. The van der Waals surface area contributed by atoms with Gasteiger partial charge < -0.3 is 40.7 Å². The molecule has 0 bridgehead atoms. The first-order valence-electron chi connectivity index (χ1n) is 12.1. The lowest BCUT2D eigenvalue weighted by molar-refractivity contribution is -0.145. The molecule has 0 radical (unpaired) electrons. The normalized spacial score (nSPS) is 15.4. The number of halogens is 1. The van der Waals surface area contributed by atoms with Crippen molar-refractivity contribution in [3.05, 3.63) is 35.9 Å². The third kappa shape index (κ3) is 11.6. The van der Waals surface area contributed by atoms with Crippen molar-refractivity contribution in [2.75, 3.05) is 39.3 Å². The van der Waals surface area contributed by atoms with Crippen LogP contribution in [0.5, 0.6) is 0 Å². The fraction of sp³-hybridized carbons (Fsp3) is 0.542. The Morgan fingerprint density at radius 2 is 2.00 bits per heavy atom. The lowest BCUT2D eigenvalue weighted by Gasteiger charge is -2.33. The highest BCUT2D eigenvalue weighted by atomic mass is 35.5. The molecule has 0 aromatic heterocycles. The molecule has 1 fully saturated rings. The summed E-state index contributed by atoms with van der Waals surface area (Å²) < 4.78 is 10.8. The van der Waals surface area contributed by atoms with E-state index in [0.29, 0.717) is 26.1 Å². The standard InChI is InChI=1S/C24H36N6O7.ClH/c1-2-3-9-29(15-21(32)33)22(34)19(28-24(35)37-16-17-7-5-4-6-8-17)12-20(31)27-13-18-14-30(23(25)26)10-11-36-18;/h4-8,18-19H,2-3,9-16H2,1H3,(H3,25,26)(H,27,31)(H,28,35)(H,32,33);1H/t18?,19-;/m0./s1. The number of alkyl carbamates (subject to hydrolysis) is 1. The van der Waals surface area contributed by atoms with Crippen LogP contribution < -0.4 is 16.4 Å². The summed E-state index contributed by atoms with van der Waals surface area (Å²) in [4.78, 5) is 52.4. The molecule has 6 N–H and O–H groups in total. The van der Waals surface area contributed by atoms with Crippen molar-refractivity contribution in [3.63, 3.8) is 0 Å². The van der Waals surface area contributed by atoms with Crippen LogP contribution in [0.3, 0.4) is 0 Å². The van der Waals surface area contributed by atoms with Gasteiger partial charge >= 0.3 is 12.1 Å². The quantitative estimate of drug-likeness (QED) is 0.170. The topological polar surface area (TPSA) is 187 Å². The number of carboxylic acid groups (broad SMARTS) is 1. The van der Waals surface area contributed by atoms with Crippen molar-refractivity contribution in [1.29, 1.82) is 5.41 Å². The smallest absolute Gasteiger partial charge is 0.408 e. The Bertz CT molecular complexity index is 936. The molecule has 3 amide bonds. The van der Waals surface area contributed by atoms with Crippen LogP contribution in [0.25, 0.3) is 0 Å². The van der Waals surface area contributed by atoms with Gasteiger partial charge in [0.05, 0.1) is 19.1 Å². The Kier molecular flexibility index (Phi) is 14.5. The van der Waals surface area contributed by atoms with Crippen molar-refractivity contribution in [2.45, 2.75) is 44.9 Å². The van der Waals surface area contributed by atoms with Crippen molar-refractivity contribution in [2.24, 2.45) is 5.73 Å². The number of nitrogens with two attached hydrogens (primary N) is 1. The van der Waals surface area contributed by atoms with E-state index in [9.17, 15) is 24.3 Å². The second kappa shape index (κ2) is 17.0. The highest BCUT2D eigenvalue weighted by Crippen LogP contribution is 2.07. The maximum absolute atomic E-state index is 13.2. The number of hydrogen-bond acceptors (Lipinski definition) is 7. The van der Waals surface area contributed by atoms with Crippen molar-refractivity contribution in [1.82, 2.24) is 20.4 Å². The summed E-state index contributed by atoms with van der Waals surface area (Å²) in [6, 6.07) is 7.60. The van der Waals surface area contributed by atoms with Gasteiger partial charge in [-0.25, -0.2) is 4.79 Å². The summed E-state index contributed by atoms with van der Waals surface area (Å²) in [7, 11) is 0. The summed E-state index contributed by atoms with van der Waals surface area (Å²) in [6.45, 7) is 2.71. The molecular formula is C24H37ClN6O7. The highest BCUT2D eigenvalue weighted by Gasteiger charge is 2.30. The molecule has 1 unspecified atom stereocenters. The zero-order chi connectivity index (χ0) is 27.2. The number of hydrogen-bond donors (Lipinski definition) is 5. The number of amides is 3. The first-order chi connectivity index (χ1) is 17.7. The number of nitrogens with one attached hydrogen (secondary N) is 3. The summed E-state index contributed by atoms with van der Waals surface area (Å²) in [6.07, 6.45) is -0.465. The molecule has 1 aromatic carbocycles. The molecule has 13 nitrogen and oxygen atoms in total. The molecular weight excluding hydrogens is 520 g/mol. The van der Waals surface area contributed by atoms with Gasteiger partial charge in [0.1, 0.15) is 19.2 Å². The van der Waals surface area contributed by atoms with Gasteiger partial charge in [0.25, 0.3) is 0 Å². The molecule has 14 heteroatoms. The van der Waals surface area contributed by atoms with Gasteiger partial charge in [-0.15, -0.1) is 12.4 Å². The van der Waals surface area contributed by atoms with Crippen LogP contribution in [-0.4, -0.2) is 96.2 Å².